The number of carbonyl (C=O) groups is 2. The highest BCUT2D eigenvalue weighted by atomic mass is 19.3. The number of aromatic nitrogens is 1. The van der Waals surface area contributed by atoms with E-state index in [-0.39, 0.29) is 36.7 Å². The van der Waals surface area contributed by atoms with Gasteiger partial charge in [0.05, 0.1) is 24.0 Å². The Morgan fingerprint density at radius 1 is 1.28 bits per heavy atom. The molecule has 168 valence electrons. The monoisotopic (exact) mass is 442 g/mol. The van der Waals surface area contributed by atoms with E-state index in [0.717, 1.165) is 5.56 Å². The number of rotatable bonds is 8. The van der Waals surface area contributed by atoms with Crippen LogP contribution in [-0.2, 0) is 11.3 Å². The zero-order valence-electron chi connectivity index (χ0n) is 17.5. The van der Waals surface area contributed by atoms with Gasteiger partial charge in [-0.3, -0.25) is 14.6 Å². The quantitative estimate of drug-likeness (QED) is 0.625. The molecule has 1 aromatic carbocycles. The Bertz CT molecular complexity index is 965. The third-order valence-electron chi connectivity index (χ3n) is 5.29. The van der Waals surface area contributed by atoms with E-state index in [4.69, 9.17) is 5.26 Å². The van der Waals surface area contributed by atoms with Crippen LogP contribution in [0.5, 0.6) is 5.75 Å². The van der Waals surface area contributed by atoms with Gasteiger partial charge >= 0.3 is 6.61 Å². The van der Waals surface area contributed by atoms with Gasteiger partial charge in [-0.05, 0) is 36.6 Å². The van der Waals surface area contributed by atoms with Crippen molar-refractivity contribution in [3.05, 3.63) is 59.9 Å². The number of ether oxygens (including phenoxy) is 1. The van der Waals surface area contributed by atoms with Crippen LogP contribution in [0, 0.1) is 17.2 Å². The Morgan fingerprint density at radius 2 is 2.09 bits per heavy atom. The molecule has 2 heterocycles. The number of hydrogen-bond donors (Lipinski definition) is 0. The fourth-order valence-electron chi connectivity index (χ4n) is 3.80. The number of piperidine rings is 1. The Hall–Kier alpha value is -3.54. The molecule has 32 heavy (non-hydrogen) atoms. The average molecular weight is 442 g/mol. The molecular formula is C23H24F2N4O3. The summed E-state index contributed by atoms with van der Waals surface area (Å²) in [6.07, 6.45) is 4.72. The maximum Gasteiger partial charge on any atom is 0.387 e. The van der Waals surface area contributed by atoms with Crippen LogP contribution in [0.1, 0.15) is 35.2 Å². The number of likely N-dealkylation sites (tertiary alicyclic amines) is 1. The summed E-state index contributed by atoms with van der Waals surface area (Å²) < 4.78 is 29.9. The number of amides is 2. The van der Waals surface area contributed by atoms with Crippen LogP contribution < -0.4 is 4.74 Å². The van der Waals surface area contributed by atoms with Crippen molar-refractivity contribution in [2.75, 3.05) is 19.6 Å². The molecule has 0 radical (unpaired) electrons. The van der Waals surface area contributed by atoms with E-state index in [1.165, 1.54) is 23.1 Å². The van der Waals surface area contributed by atoms with Gasteiger partial charge in [0.25, 0.3) is 5.91 Å². The van der Waals surface area contributed by atoms with Crippen molar-refractivity contribution >= 4 is 11.8 Å². The Kier molecular flexibility index (Phi) is 8.08. The highest BCUT2D eigenvalue weighted by Gasteiger charge is 2.32. The molecule has 0 saturated carbocycles. The largest absolute Gasteiger partial charge is 0.434 e. The standard InChI is InChI=1S/C23H24F2N4O3/c24-23(25)32-20-9-2-1-8-19(20)22(31)29-12-4-7-18(16-29)21(30)28(13-5-10-26)15-17-6-3-11-27-14-17/h1-3,6,8-9,11,14,18,23H,4-5,7,12-13,15-16H2. The van der Waals surface area contributed by atoms with Gasteiger partial charge in [0, 0.05) is 38.6 Å². The normalized spacial score (nSPS) is 15.8. The molecule has 0 spiro atoms. The van der Waals surface area contributed by atoms with Gasteiger partial charge in [-0.25, -0.2) is 0 Å². The molecule has 0 aliphatic carbocycles. The number of alkyl halides is 2. The van der Waals surface area contributed by atoms with Gasteiger partial charge in [-0.15, -0.1) is 0 Å². The fourth-order valence-corrected chi connectivity index (χ4v) is 3.80. The lowest BCUT2D eigenvalue weighted by Gasteiger charge is -2.35. The van der Waals surface area contributed by atoms with E-state index in [9.17, 15) is 18.4 Å². The molecule has 7 nitrogen and oxygen atoms in total. The summed E-state index contributed by atoms with van der Waals surface area (Å²) in [5.41, 5.74) is 0.887. The lowest BCUT2D eigenvalue weighted by molar-refractivity contribution is -0.137. The number of nitriles is 1. The summed E-state index contributed by atoms with van der Waals surface area (Å²) in [7, 11) is 0. The fraction of sp³-hybridized carbons (Fsp3) is 0.391. The molecule has 1 aliphatic heterocycles. The van der Waals surface area contributed by atoms with Gasteiger partial charge < -0.3 is 14.5 Å². The molecule has 3 rings (SSSR count). The summed E-state index contributed by atoms with van der Waals surface area (Å²) >= 11 is 0. The Balaban J connectivity index is 1.73. The third kappa shape index (κ3) is 6.00. The molecule has 1 aromatic heterocycles. The number of carbonyl (C=O) groups excluding carboxylic acids is 2. The number of pyridine rings is 1. The number of benzene rings is 1. The number of para-hydroxylation sites is 1. The Morgan fingerprint density at radius 3 is 2.81 bits per heavy atom. The van der Waals surface area contributed by atoms with Crippen molar-refractivity contribution in [1.82, 2.24) is 14.8 Å². The molecule has 9 heteroatoms. The van der Waals surface area contributed by atoms with E-state index >= 15 is 0 Å². The van der Waals surface area contributed by atoms with E-state index in [1.54, 1.807) is 29.4 Å². The van der Waals surface area contributed by atoms with Crippen LogP contribution >= 0.6 is 0 Å². The van der Waals surface area contributed by atoms with Gasteiger partial charge in [-0.2, -0.15) is 14.0 Å². The molecule has 1 aliphatic rings. The molecule has 1 unspecified atom stereocenters. The van der Waals surface area contributed by atoms with Crippen molar-refractivity contribution in [2.24, 2.45) is 5.92 Å². The second-order valence-corrected chi connectivity index (χ2v) is 7.49. The first-order valence-electron chi connectivity index (χ1n) is 10.4. The molecule has 1 saturated heterocycles. The first kappa shape index (κ1) is 23.1. The highest BCUT2D eigenvalue weighted by Crippen LogP contribution is 2.26. The van der Waals surface area contributed by atoms with Gasteiger partial charge in [0.2, 0.25) is 5.91 Å². The van der Waals surface area contributed by atoms with Crippen LogP contribution in [0.15, 0.2) is 48.8 Å². The van der Waals surface area contributed by atoms with Gasteiger partial charge in [-0.1, -0.05) is 18.2 Å². The first-order chi connectivity index (χ1) is 15.5. The third-order valence-corrected chi connectivity index (χ3v) is 5.29. The van der Waals surface area contributed by atoms with E-state index in [1.807, 2.05) is 6.07 Å². The average Bonchev–Trinajstić information content (AvgIpc) is 2.81. The topological polar surface area (TPSA) is 86.5 Å². The zero-order chi connectivity index (χ0) is 22.9. The first-order valence-corrected chi connectivity index (χ1v) is 10.4. The van der Waals surface area contributed by atoms with Crippen LogP contribution in [0.2, 0.25) is 0 Å². The molecule has 1 fully saturated rings. The van der Waals surface area contributed by atoms with Crippen LogP contribution in [-0.4, -0.2) is 52.8 Å². The van der Waals surface area contributed by atoms with Crippen molar-refractivity contribution in [3.8, 4) is 11.8 Å². The lowest BCUT2D eigenvalue weighted by Crippen LogP contribution is -2.46. The van der Waals surface area contributed by atoms with Crippen molar-refractivity contribution < 1.29 is 23.1 Å². The molecule has 2 aromatic rings. The maximum absolute atomic E-state index is 13.3. The second kappa shape index (κ2) is 11.2. The summed E-state index contributed by atoms with van der Waals surface area (Å²) in [6.45, 7) is -1.84. The SMILES string of the molecule is N#CCCN(Cc1cccnc1)C(=O)C1CCCN(C(=O)c2ccccc2OC(F)F)C1. The van der Waals surface area contributed by atoms with Crippen molar-refractivity contribution in [2.45, 2.75) is 32.4 Å². The minimum atomic E-state index is -3.04. The lowest BCUT2D eigenvalue weighted by atomic mass is 9.95. The number of hydrogen-bond acceptors (Lipinski definition) is 5. The molecule has 0 N–H and O–H groups in total. The second-order valence-electron chi connectivity index (χ2n) is 7.49. The molecule has 1 atom stereocenters. The van der Waals surface area contributed by atoms with E-state index < -0.39 is 18.4 Å². The van der Waals surface area contributed by atoms with Crippen LogP contribution in [0.3, 0.4) is 0 Å². The van der Waals surface area contributed by atoms with E-state index in [2.05, 4.69) is 15.8 Å². The van der Waals surface area contributed by atoms with Crippen LogP contribution in [0.25, 0.3) is 0 Å². The minimum Gasteiger partial charge on any atom is -0.434 e. The van der Waals surface area contributed by atoms with Crippen LogP contribution in [0.4, 0.5) is 8.78 Å². The van der Waals surface area contributed by atoms with Gasteiger partial charge in [0.1, 0.15) is 5.75 Å². The Labute approximate surface area is 185 Å². The zero-order valence-corrected chi connectivity index (χ0v) is 17.5. The summed E-state index contributed by atoms with van der Waals surface area (Å²) in [4.78, 5) is 33.5. The molecular weight excluding hydrogens is 418 g/mol. The number of halogens is 2. The van der Waals surface area contributed by atoms with Gasteiger partial charge in [0.15, 0.2) is 0 Å². The molecule has 0 bridgehead atoms. The maximum atomic E-state index is 13.3. The van der Waals surface area contributed by atoms with Crippen molar-refractivity contribution in [1.29, 1.82) is 5.26 Å². The highest BCUT2D eigenvalue weighted by molar-refractivity contribution is 5.97. The summed E-state index contributed by atoms with van der Waals surface area (Å²) in [5.74, 6) is -1.22. The van der Waals surface area contributed by atoms with Crippen molar-refractivity contribution in [3.63, 3.8) is 0 Å². The predicted molar refractivity (Wildman–Crippen MR) is 112 cm³/mol. The number of nitrogens with zero attached hydrogens (tertiary/aromatic N) is 4. The predicted octanol–water partition coefficient (Wildman–Crippen LogP) is 3.48. The summed E-state index contributed by atoms with van der Waals surface area (Å²) in [6, 6.07) is 11.6. The minimum absolute atomic E-state index is 0.0394. The molecule has 2 amide bonds. The van der Waals surface area contributed by atoms with E-state index in [0.29, 0.717) is 25.9 Å². The summed E-state index contributed by atoms with van der Waals surface area (Å²) in [5, 5.41) is 8.98. The smallest absolute Gasteiger partial charge is 0.387 e.